The smallest absolute Gasteiger partial charge is 0.256 e. The van der Waals surface area contributed by atoms with Crippen molar-refractivity contribution >= 4 is 34.0 Å². The summed E-state index contributed by atoms with van der Waals surface area (Å²) in [5.74, 6) is -0.149. The van der Waals surface area contributed by atoms with Gasteiger partial charge in [0.05, 0.1) is 27.7 Å². The zero-order valence-electron chi connectivity index (χ0n) is 15.5. The van der Waals surface area contributed by atoms with Gasteiger partial charge in [-0.1, -0.05) is 18.2 Å². The van der Waals surface area contributed by atoms with E-state index in [2.05, 4.69) is 10.4 Å². The van der Waals surface area contributed by atoms with Gasteiger partial charge in [-0.15, -0.1) is 11.3 Å². The maximum Gasteiger partial charge on any atom is 0.256 e. The molecular formula is C21H20N4OS. The van der Waals surface area contributed by atoms with Crippen LogP contribution in [0.1, 0.15) is 28.4 Å². The molecule has 0 unspecified atom stereocenters. The Balaban J connectivity index is 1.83. The van der Waals surface area contributed by atoms with Crippen molar-refractivity contribution in [1.82, 2.24) is 14.8 Å². The van der Waals surface area contributed by atoms with E-state index < -0.39 is 0 Å². The number of hydrogen-bond donors (Lipinski definition) is 1. The number of carbonyl (C=O) groups is 1. The highest BCUT2D eigenvalue weighted by Crippen LogP contribution is 2.28. The summed E-state index contributed by atoms with van der Waals surface area (Å²) in [6, 6.07) is 11.9. The molecule has 1 aromatic carbocycles. The first kappa shape index (κ1) is 17.4. The van der Waals surface area contributed by atoms with Gasteiger partial charge in [0.1, 0.15) is 0 Å². The van der Waals surface area contributed by atoms with Gasteiger partial charge in [-0.3, -0.25) is 4.79 Å². The number of nitrogens with zero attached hydrogens (tertiary/aromatic N) is 3. The molecule has 3 heterocycles. The number of benzene rings is 1. The summed E-state index contributed by atoms with van der Waals surface area (Å²) in [4.78, 5) is 18.9. The van der Waals surface area contributed by atoms with E-state index in [1.807, 2.05) is 67.2 Å². The molecule has 0 spiro atoms. The zero-order chi connectivity index (χ0) is 19.0. The minimum absolute atomic E-state index is 0.149. The fourth-order valence-corrected chi connectivity index (χ4v) is 3.76. The summed E-state index contributed by atoms with van der Waals surface area (Å²) < 4.78 is 1.82. The predicted molar refractivity (Wildman–Crippen MR) is 110 cm³/mol. The Morgan fingerprint density at radius 2 is 2.07 bits per heavy atom. The second-order valence-electron chi connectivity index (χ2n) is 6.50. The maximum absolute atomic E-state index is 13.1. The predicted octanol–water partition coefficient (Wildman–Crippen LogP) is 5.05. The number of aromatic nitrogens is 3. The van der Waals surface area contributed by atoms with Crippen LogP contribution in [-0.2, 0) is 6.54 Å². The van der Waals surface area contributed by atoms with Gasteiger partial charge >= 0.3 is 0 Å². The molecule has 0 aliphatic carbocycles. The van der Waals surface area contributed by atoms with Gasteiger partial charge in [0, 0.05) is 12.2 Å². The second kappa shape index (κ2) is 6.96. The van der Waals surface area contributed by atoms with Gasteiger partial charge in [0.25, 0.3) is 5.91 Å². The van der Waals surface area contributed by atoms with E-state index in [1.165, 1.54) is 0 Å². The molecule has 0 saturated carbocycles. The summed E-state index contributed by atoms with van der Waals surface area (Å²) in [5, 5.41) is 10.2. The second-order valence-corrected chi connectivity index (χ2v) is 7.45. The van der Waals surface area contributed by atoms with Crippen molar-refractivity contribution in [3.05, 3.63) is 64.7 Å². The van der Waals surface area contributed by atoms with Gasteiger partial charge in [0.15, 0.2) is 5.65 Å². The van der Waals surface area contributed by atoms with Crippen LogP contribution < -0.4 is 5.32 Å². The number of rotatable bonds is 4. The third-order valence-electron chi connectivity index (χ3n) is 4.57. The molecule has 1 amide bonds. The Bertz CT molecular complexity index is 1130. The van der Waals surface area contributed by atoms with E-state index in [4.69, 9.17) is 4.98 Å². The molecule has 6 heteroatoms. The Kier molecular flexibility index (Phi) is 4.49. The average molecular weight is 376 g/mol. The summed E-state index contributed by atoms with van der Waals surface area (Å²) >= 11 is 1.61. The van der Waals surface area contributed by atoms with Gasteiger partial charge < -0.3 is 5.32 Å². The molecular weight excluding hydrogens is 356 g/mol. The summed E-state index contributed by atoms with van der Waals surface area (Å²) in [5.41, 5.74) is 5.07. The number of anilines is 1. The van der Waals surface area contributed by atoms with Crippen LogP contribution in [0.15, 0.2) is 48.0 Å². The van der Waals surface area contributed by atoms with Crippen molar-refractivity contribution in [2.45, 2.75) is 27.3 Å². The fourth-order valence-electron chi connectivity index (χ4n) is 3.08. The van der Waals surface area contributed by atoms with Crippen LogP contribution in [0.4, 0.5) is 5.69 Å². The summed E-state index contributed by atoms with van der Waals surface area (Å²) in [7, 11) is 0. The normalized spacial score (nSPS) is 11.1. The highest BCUT2D eigenvalue weighted by atomic mass is 32.1. The molecule has 0 radical (unpaired) electrons. The Hall–Kier alpha value is -2.99. The van der Waals surface area contributed by atoms with Crippen LogP contribution >= 0.6 is 11.3 Å². The molecule has 1 N–H and O–H groups in total. The molecule has 4 aromatic rings. The Morgan fingerprint density at radius 3 is 2.81 bits per heavy atom. The molecule has 4 rings (SSSR count). The topological polar surface area (TPSA) is 59.8 Å². The van der Waals surface area contributed by atoms with E-state index in [9.17, 15) is 4.79 Å². The minimum atomic E-state index is -0.149. The lowest BCUT2D eigenvalue weighted by Crippen LogP contribution is -2.14. The lowest BCUT2D eigenvalue weighted by molar-refractivity contribution is 0.102. The average Bonchev–Trinajstić information content (AvgIpc) is 3.33. The number of hydrogen-bond acceptors (Lipinski definition) is 4. The number of carbonyl (C=O) groups excluding carboxylic acids is 1. The van der Waals surface area contributed by atoms with E-state index >= 15 is 0 Å². The zero-order valence-corrected chi connectivity index (χ0v) is 16.3. The standard InChI is InChI=1S/C21H20N4OS/c1-4-25-20-16(12-22-25)15(11-18(23-20)19-6-5-9-27-19)21(26)24-17-10-13(2)7-8-14(17)3/h5-12H,4H2,1-3H3,(H,24,26). The van der Waals surface area contributed by atoms with Gasteiger partial charge in [-0.05, 0) is 55.5 Å². The summed E-state index contributed by atoms with van der Waals surface area (Å²) in [6.07, 6.45) is 1.72. The van der Waals surface area contributed by atoms with Crippen LogP contribution in [0.5, 0.6) is 0 Å². The Morgan fingerprint density at radius 1 is 1.22 bits per heavy atom. The summed E-state index contributed by atoms with van der Waals surface area (Å²) in [6.45, 7) is 6.72. The molecule has 0 bridgehead atoms. The first-order valence-corrected chi connectivity index (χ1v) is 9.74. The molecule has 0 fully saturated rings. The maximum atomic E-state index is 13.1. The molecule has 3 aromatic heterocycles. The quantitative estimate of drug-likeness (QED) is 0.542. The Labute approximate surface area is 161 Å². The van der Waals surface area contributed by atoms with Gasteiger partial charge in [-0.2, -0.15) is 5.10 Å². The van der Waals surface area contributed by atoms with E-state index in [0.717, 1.165) is 38.4 Å². The largest absolute Gasteiger partial charge is 0.322 e. The highest BCUT2D eigenvalue weighted by Gasteiger charge is 2.18. The van der Waals surface area contributed by atoms with Crippen LogP contribution in [0, 0.1) is 13.8 Å². The molecule has 27 heavy (non-hydrogen) atoms. The third-order valence-corrected chi connectivity index (χ3v) is 5.46. The monoisotopic (exact) mass is 376 g/mol. The molecule has 136 valence electrons. The van der Waals surface area contributed by atoms with Crippen molar-refractivity contribution in [3.63, 3.8) is 0 Å². The van der Waals surface area contributed by atoms with Crippen molar-refractivity contribution in [2.24, 2.45) is 0 Å². The van der Waals surface area contributed by atoms with Crippen molar-refractivity contribution in [1.29, 1.82) is 0 Å². The molecule has 5 nitrogen and oxygen atoms in total. The first-order chi connectivity index (χ1) is 13.1. The molecule has 0 aliphatic heterocycles. The number of thiophene rings is 1. The number of pyridine rings is 1. The van der Waals surface area contributed by atoms with Gasteiger partial charge in [0.2, 0.25) is 0 Å². The molecule has 0 atom stereocenters. The van der Waals surface area contributed by atoms with E-state index in [-0.39, 0.29) is 5.91 Å². The van der Waals surface area contributed by atoms with Crippen molar-refractivity contribution < 1.29 is 4.79 Å². The van der Waals surface area contributed by atoms with E-state index in [1.54, 1.807) is 17.5 Å². The number of amides is 1. The van der Waals surface area contributed by atoms with Crippen LogP contribution in [0.25, 0.3) is 21.6 Å². The molecule has 0 saturated heterocycles. The van der Waals surface area contributed by atoms with Gasteiger partial charge in [-0.25, -0.2) is 9.67 Å². The number of nitrogens with one attached hydrogen (secondary N) is 1. The van der Waals surface area contributed by atoms with Crippen LogP contribution in [0.2, 0.25) is 0 Å². The SMILES string of the molecule is CCn1ncc2c(C(=O)Nc3cc(C)ccc3C)cc(-c3cccs3)nc21. The minimum Gasteiger partial charge on any atom is -0.322 e. The number of fused-ring (bicyclic) bond motifs is 1. The lowest BCUT2D eigenvalue weighted by atomic mass is 10.1. The number of aryl methyl sites for hydroxylation is 3. The van der Waals surface area contributed by atoms with Crippen molar-refractivity contribution in [3.8, 4) is 10.6 Å². The highest BCUT2D eigenvalue weighted by molar-refractivity contribution is 7.13. The molecule has 0 aliphatic rings. The third kappa shape index (κ3) is 3.24. The van der Waals surface area contributed by atoms with Crippen LogP contribution in [0.3, 0.4) is 0 Å². The van der Waals surface area contributed by atoms with E-state index in [0.29, 0.717) is 12.1 Å². The van der Waals surface area contributed by atoms with Crippen molar-refractivity contribution in [2.75, 3.05) is 5.32 Å². The fraction of sp³-hybridized carbons (Fsp3) is 0.190. The lowest BCUT2D eigenvalue weighted by Gasteiger charge is -2.11. The van der Waals surface area contributed by atoms with Crippen LogP contribution in [-0.4, -0.2) is 20.7 Å². The first-order valence-electron chi connectivity index (χ1n) is 8.86.